The first-order valence-corrected chi connectivity index (χ1v) is 8.16. The van der Waals surface area contributed by atoms with Crippen LogP contribution in [0.2, 0.25) is 0 Å². The quantitative estimate of drug-likeness (QED) is 0.387. The molecule has 1 aliphatic rings. The third-order valence-corrected chi connectivity index (χ3v) is 4.29. The van der Waals surface area contributed by atoms with Gasteiger partial charge < -0.3 is 44.5 Å². The van der Waals surface area contributed by atoms with Gasteiger partial charge in [0, 0.05) is 0 Å². The first-order chi connectivity index (χ1) is 12.7. The maximum atomic E-state index is 12.1. The van der Waals surface area contributed by atoms with Gasteiger partial charge in [-0.2, -0.15) is 0 Å². The van der Waals surface area contributed by atoms with Gasteiger partial charge in [0.15, 0.2) is 23.6 Å². The number of Topliss-reactive ketones (excluding diaryl/α,β-unsaturated/α-hetero) is 1. The van der Waals surface area contributed by atoms with Gasteiger partial charge in [-0.25, -0.2) is 0 Å². The summed E-state index contributed by atoms with van der Waals surface area (Å²) in [6.07, 6.45) is -8.79. The number of ether oxygens (including phenoxy) is 4. The van der Waals surface area contributed by atoms with Gasteiger partial charge in [-0.1, -0.05) is 0 Å². The molecule has 0 aliphatic carbocycles. The molecule has 10 heteroatoms. The lowest BCUT2D eigenvalue weighted by molar-refractivity contribution is -0.309. The Kier molecular flexibility index (Phi) is 6.98. The molecule has 0 spiro atoms. The van der Waals surface area contributed by atoms with E-state index in [0.717, 1.165) is 0 Å². The summed E-state index contributed by atoms with van der Waals surface area (Å²) in [6.45, 7) is 0.608. The minimum absolute atomic E-state index is 0.0352. The molecule has 0 saturated carbocycles. The highest BCUT2D eigenvalue weighted by Crippen LogP contribution is 2.40. The number of phenolic OH excluding ortho intramolecular Hbond substituents is 1. The van der Waals surface area contributed by atoms with Crippen LogP contribution in [0.4, 0.5) is 0 Å². The minimum Gasteiger partial charge on any atom is -0.502 e. The summed E-state index contributed by atoms with van der Waals surface area (Å²) >= 11 is 0. The number of hydrogen-bond acceptors (Lipinski definition) is 10. The van der Waals surface area contributed by atoms with E-state index in [4.69, 9.17) is 18.9 Å². The Morgan fingerprint density at radius 1 is 1.11 bits per heavy atom. The summed E-state index contributed by atoms with van der Waals surface area (Å²) in [7, 11) is 2.64. The predicted octanol–water partition coefficient (Wildman–Crippen LogP) is -1.14. The average Bonchev–Trinajstić information content (AvgIpc) is 2.65. The molecular weight excluding hydrogens is 364 g/mol. The van der Waals surface area contributed by atoms with Crippen LogP contribution in [-0.4, -0.2) is 82.8 Å². The fraction of sp³-hybridized carbons (Fsp3) is 0.588. The number of aliphatic hydroxyl groups is 4. The molecule has 5 N–H and O–H groups in total. The van der Waals surface area contributed by atoms with Gasteiger partial charge in [0.2, 0.25) is 5.75 Å². The summed E-state index contributed by atoms with van der Waals surface area (Å²) in [6, 6.07) is 2.71. The van der Waals surface area contributed by atoms with E-state index in [1.165, 1.54) is 33.3 Å². The molecule has 2 rings (SSSR count). The smallest absolute Gasteiger partial charge is 0.200 e. The van der Waals surface area contributed by atoms with Crippen LogP contribution in [-0.2, 0) is 14.3 Å². The molecule has 0 bridgehead atoms. The second-order valence-corrected chi connectivity index (χ2v) is 6.10. The van der Waals surface area contributed by atoms with E-state index < -0.39 is 49.2 Å². The number of phenols is 1. The number of rotatable bonds is 7. The first kappa shape index (κ1) is 21.4. The average molecular weight is 388 g/mol. The predicted molar refractivity (Wildman–Crippen MR) is 89.5 cm³/mol. The van der Waals surface area contributed by atoms with Gasteiger partial charge >= 0.3 is 0 Å². The third kappa shape index (κ3) is 4.32. The standard InChI is InChI=1S/C17H24O10/c1-7(19)16(8-4-9(24-2)12(20)10(5-8)25-3)27-17-15(23)14(22)13(21)11(6-18)26-17/h4-5,11,13-18,20-23H,6H2,1-3H3/t11-,13-,14+,15-,16?,17+/m1/s1. The summed E-state index contributed by atoms with van der Waals surface area (Å²) < 4.78 is 20.9. The van der Waals surface area contributed by atoms with Crippen molar-refractivity contribution in [2.75, 3.05) is 20.8 Å². The molecule has 0 radical (unpaired) electrons. The molecule has 10 nitrogen and oxygen atoms in total. The van der Waals surface area contributed by atoms with Gasteiger partial charge in [-0.15, -0.1) is 0 Å². The molecule has 1 aromatic rings. The number of ketones is 1. The molecule has 27 heavy (non-hydrogen) atoms. The molecule has 1 unspecified atom stereocenters. The topological polar surface area (TPSA) is 155 Å². The van der Waals surface area contributed by atoms with Gasteiger partial charge in [0.1, 0.15) is 30.5 Å². The van der Waals surface area contributed by atoms with Crippen molar-refractivity contribution in [1.82, 2.24) is 0 Å². The van der Waals surface area contributed by atoms with Crippen LogP contribution in [0.5, 0.6) is 17.2 Å². The normalized spacial score (nSPS) is 29.2. The van der Waals surface area contributed by atoms with Gasteiger partial charge in [0.05, 0.1) is 20.8 Å². The van der Waals surface area contributed by atoms with E-state index in [1.807, 2.05) is 0 Å². The molecular formula is C17H24O10. The largest absolute Gasteiger partial charge is 0.502 e. The van der Waals surface area contributed by atoms with Gasteiger partial charge in [-0.3, -0.25) is 4.79 Å². The summed E-state index contributed by atoms with van der Waals surface area (Å²) in [5, 5.41) is 49.0. The Morgan fingerprint density at radius 2 is 1.67 bits per heavy atom. The highest BCUT2D eigenvalue weighted by atomic mass is 16.7. The van der Waals surface area contributed by atoms with Crippen molar-refractivity contribution in [1.29, 1.82) is 0 Å². The monoisotopic (exact) mass is 388 g/mol. The summed E-state index contributed by atoms with van der Waals surface area (Å²) in [5.74, 6) is -0.665. The molecule has 0 aromatic heterocycles. The van der Waals surface area contributed by atoms with E-state index in [1.54, 1.807) is 0 Å². The van der Waals surface area contributed by atoms with E-state index in [9.17, 15) is 30.3 Å². The van der Waals surface area contributed by atoms with E-state index >= 15 is 0 Å². The number of carbonyl (C=O) groups excluding carboxylic acids is 1. The zero-order chi connectivity index (χ0) is 20.3. The van der Waals surface area contributed by atoms with Crippen LogP contribution in [0, 0.1) is 0 Å². The molecule has 152 valence electrons. The Bertz CT molecular complexity index is 636. The molecule has 1 saturated heterocycles. The molecule has 6 atom stereocenters. The molecule has 1 fully saturated rings. The highest BCUT2D eigenvalue weighted by molar-refractivity contribution is 5.82. The van der Waals surface area contributed by atoms with E-state index in [2.05, 4.69) is 0 Å². The van der Waals surface area contributed by atoms with Gasteiger partial charge in [0.25, 0.3) is 0 Å². The zero-order valence-electron chi connectivity index (χ0n) is 15.1. The van der Waals surface area contributed by atoms with Crippen molar-refractivity contribution in [2.45, 2.75) is 43.7 Å². The number of aliphatic hydroxyl groups excluding tert-OH is 4. The maximum Gasteiger partial charge on any atom is 0.200 e. The maximum absolute atomic E-state index is 12.1. The molecule has 1 aliphatic heterocycles. The second-order valence-electron chi connectivity index (χ2n) is 6.10. The lowest BCUT2D eigenvalue weighted by Gasteiger charge is -2.40. The van der Waals surface area contributed by atoms with E-state index in [0.29, 0.717) is 0 Å². The van der Waals surface area contributed by atoms with E-state index in [-0.39, 0.29) is 22.8 Å². The van der Waals surface area contributed by atoms with Crippen LogP contribution in [0.25, 0.3) is 0 Å². The minimum atomic E-state index is -1.66. The van der Waals surface area contributed by atoms with Crippen molar-refractivity contribution in [3.8, 4) is 17.2 Å². The number of aromatic hydroxyl groups is 1. The number of benzene rings is 1. The lowest BCUT2D eigenvalue weighted by Crippen LogP contribution is -2.59. The van der Waals surface area contributed by atoms with Crippen molar-refractivity contribution in [3.05, 3.63) is 17.7 Å². The number of carbonyl (C=O) groups is 1. The Labute approximate surface area is 155 Å². The Hall–Kier alpha value is -1.95. The van der Waals surface area contributed by atoms with Crippen molar-refractivity contribution < 1.29 is 49.3 Å². The van der Waals surface area contributed by atoms with Crippen molar-refractivity contribution in [3.63, 3.8) is 0 Å². The zero-order valence-corrected chi connectivity index (χ0v) is 15.1. The molecule has 1 aromatic carbocycles. The fourth-order valence-electron chi connectivity index (χ4n) is 2.79. The Balaban J connectivity index is 2.34. The first-order valence-electron chi connectivity index (χ1n) is 8.16. The second kappa shape index (κ2) is 8.83. The van der Waals surface area contributed by atoms with Crippen LogP contribution >= 0.6 is 0 Å². The number of hydrogen-bond donors (Lipinski definition) is 5. The summed E-state index contributed by atoms with van der Waals surface area (Å²) in [5.41, 5.74) is 0.242. The lowest BCUT2D eigenvalue weighted by atomic mass is 9.99. The molecule has 1 heterocycles. The fourth-order valence-corrected chi connectivity index (χ4v) is 2.79. The Morgan fingerprint density at radius 3 is 2.11 bits per heavy atom. The highest BCUT2D eigenvalue weighted by Gasteiger charge is 2.45. The van der Waals surface area contributed by atoms with Crippen LogP contribution in [0.15, 0.2) is 12.1 Å². The summed E-state index contributed by atoms with van der Waals surface area (Å²) in [4.78, 5) is 12.1. The van der Waals surface area contributed by atoms with Crippen LogP contribution in [0.3, 0.4) is 0 Å². The van der Waals surface area contributed by atoms with Crippen molar-refractivity contribution in [2.24, 2.45) is 0 Å². The van der Waals surface area contributed by atoms with Gasteiger partial charge in [-0.05, 0) is 24.6 Å². The van der Waals surface area contributed by atoms with Crippen molar-refractivity contribution >= 4 is 5.78 Å². The van der Waals surface area contributed by atoms with Crippen LogP contribution in [0.1, 0.15) is 18.6 Å². The van der Waals surface area contributed by atoms with Crippen LogP contribution < -0.4 is 9.47 Å². The molecule has 0 amide bonds. The number of methoxy groups -OCH3 is 2. The third-order valence-electron chi connectivity index (χ3n) is 4.29. The SMILES string of the molecule is COc1cc(C(O[C@@H]2O[C@H](CO)[C@@H](O)[C@H](O)[C@H]2O)C(C)=O)cc(OC)c1O.